The number of thiophene rings is 1. The van der Waals surface area contributed by atoms with E-state index in [2.05, 4.69) is 35.8 Å². The molecule has 0 bridgehead atoms. The molecule has 2 aromatic carbocycles. The highest BCUT2D eigenvalue weighted by Gasteiger charge is 2.34. The summed E-state index contributed by atoms with van der Waals surface area (Å²) in [6.45, 7) is 2.29. The molecule has 0 saturated carbocycles. The highest BCUT2D eigenvalue weighted by atomic mass is 32.1. The zero-order chi connectivity index (χ0) is 18.5. The lowest BCUT2D eigenvalue weighted by Crippen LogP contribution is -2.38. The Bertz CT molecular complexity index is 1060. The second-order valence-corrected chi connectivity index (χ2v) is 8.61. The number of carbonyl (C=O) groups excluding carboxylic acids is 1. The average Bonchev–Trinajstić information content (AvgIpc) is 3.04. The molecule has 2 N–H and O–H groups in total. The first-order valence-electron chi connectivity index (χ1n) is 9.43. The van der Waals surface area contributed by atoms with Crippen LogP contribution in [-0.2, 0) is 12.8 Å². The highest BCUT2D eigenvalue weighted by Crippen LogP contribution is 2.44. The third kappa shape index (κ3) is 2.60. The van der Waals surface area contributed by atoms with Gasteiger partial charge >= 0.3 is 0 Å². The quantitative estimate of drug-likeness (QED) is 0.668. The SMILES string of the molecule is COc1ccc2ccccc2c1[C@@H]1NC(=O)c2c(sc3c2CC[C@@H](C)C3)N1. The van der Waals surface area contributed by atoms with E-state index in [4.69, 9.17) is 4.74 Å². The molecule has 3 aromatic rings. The summed E-state index contributed by atoms with van der Waals surface area (Å²) in [5.41, 5.74) is 3.09. The fraction of sp³-hybridized carbons (Fsp3) is 0.318. The van der Waals surface area contributed by atoms with Crippen LogP contribution in [0, 0.1) is 5.92 Å². The standard InChI is InChI=1S/C22H22N2O2S/c1-12-7-9-15-17(11-12)27-22-19(15)21(25)23-20(24-22)18-14-6-4-3-5-13(14)8-10-16(18)26-2/h3-6,8,10,12,20,24H,7,9,11H2,1-2H3,(H,23,25)/t12-,20-/m1/s1. The Morgan fingerprint density at radius 2 is 2.00 bits per heavy atom. The predicted octanol–water partition coefficient (Wildman–Crippen LogP) is 4.89. The van der Waals surface area contributed by atoms with Crippen LogP contribution in [0.4, 0.5) is 5.00 Å². The highest BCUT2D eigenvalue weighted by molar-refractivity contribution is 7.16. The van der Waals surface area contributed by atoms with Gasteiger partial charge in [0, 0.05) is 10.4 Å². The van der Waals surface area contributed by atoms with E-state index in [0.717, 1.165) is 51.9 Å². The average molecular weight is 378 g/mol. The van der Waals surface area contributed by atoms with Crippen LogP contribution in [0.5, 0.6) is 5.75 Å². The second-order valence-electron chi connectivity index (χ2n) is 7.51. The van der Waals surface area contributed by atoms with Gasteiger partial charge in [-0.1, -0.05) is 37.3 Å². The Hall–Kier alpha value is -2.53. The van der Waals surface area contributed by atoms with Gasteiger partial charge in [-0.3, -0.25) is 4.79 Å². The molecule has 0 unspecified atom stereocenters. The molecule has 138 valence electrons. The Balaban J connectivity index is 1.62. The fourth-order valence-corrected chi connectivity index (χ4v) is 5.80. The van der Waals surface area contributed by atoms with Gasteiger partial charge in [0.25, 0.3) is 5.91 Å². The van der Waals surface area contributed by atoms with Crippen molar-refractivity contribution in [2.75, 3.05) is 12.4 Å². The number of benzene rings is 2. The monoisotopic (exact) mass is 378 g/mol. The molecular weight excluding hydrogens is 356 g/mol. The van der Waals surface area contributed by atoms with Crippen molar-refractivity contribution in [1.82, 2.24) is 5.32 Å². The summed E-state index contributed by atoms with van der Waals surface area (Å²) in [6.07, 6.45) is 2.93. The topological polar surface area (TPSA) is 50.4 Å². The first-order chi connectivity index (χ1) is 13.2. The largest absolute Gasteiger partial charge is 0.496 e. The molecule has 4 nitrogen and oxygen atoms in total. The van der Waals surface area contributed by atoms with E-state index in [9.17, 15) is 4.79 Å². The van der Waals surface area contributed by atoms with Crippen molar-refractivity contribution in [3.63, 3.8) is 0 Å². The molecule has 1 aliphatic heterocycles. The Kier molecular flexibility index (Phi) is 3.86. The zero-order valence-corrected chi connectivity index (χ0v) is 16.3. The molecule has 2 atom stereocenters. The van der Waals surface area contributed by atoms with E-state index in [1.165, 1.54) is 10.4 Å². The minimum Gasteiger partial charge on any atom is -0.496 e. The van der Waals surface area contributed by atoms with Crippen molar-refractivity contribution >= 4 is 33.0 Å². The molecule has 0 fully saturated rings. The first kappa shape index (κ1) is 16.6. The Morgan fingerprint density at radius 3 is 2.85 bits per heavy atom. The van der Waals surface area contributed by atoms with Crippen LogP contribution in [0.15, 0.2) is 36.4 Å². The van der Waals surface area contributed by atoms with E-state index in [1.54, 1.807) is 18.4 Å². The molecule has 5 heteroatoms. The third-order valence-electron chi connectivity index (χ3n) is 5.73. The van der Waals surface area contributed by atoms with Crippen LogP contribution >= 0.6 is 11.3 Å². The molecule has 1 aliphatic carbocycles. The number of rotatable bonds is 2. The molecule has 0 spiro atoms. The van der Waals surface area contributed by atoms with Crippen LogP contribution in [0.25, 0.3) is 10.8 Å². The van der Waals surface area contributed by atoms with Crippen LogP contribution in [-0.4, -0.2) is 13.0 Å². The van der Waals surface area contributed by atoms with Gasteiger partial charge in [-0.05, 0) is 47.6 Å². The number of hydrogen-bond acceptors (Lipinski definition) is 4. The molecule has 5 rings (SSSR count). The number of fused-ring (bicyclic) bond motifs is 4. The molecule has 2 aliphatic rings. The van der Waals surface area contributed by atoms with Crippen LogP contribution in [0.1, 0.15) is 45.9 Å². The van der Waals surface area contributed by atoms with Crippen molar-refractivity contribution in [3.05, 3.63) is 58.0 Å². The van der Waals surface area contributed by atoms with Gasteiger partial charge in [0.1, 0.15) is 16.9 Å². The van der Waals surface area contributed by atoms with Gasteiger partial charge in [0.05, 0.1) is 12.7 Å². The number of anilines is 1. The van der Waals surface area contributed by atoms with E-state index < -0.39 is 0 Å². The molecule has 0 radical (unpaired) electrons. The minimum atomic E-state index is -0.302. The summed E-state index contributed by atoms with van der Waals surface area (Å²) in [4.78, 5) is 14.4. The van der Waals surface area contributed by atoms with Gasteiger partial charge in [0.15, 0.2) is 0 Å². The smallest absolute Gasteiger partial charge is 0.256 e. The van der Waals surface area contributed by atoms with E-state index in [0.29, 0.717) is 5.92 Å². The lowest BCUT2D eigenvalue weighted by molar-refractivity contribution is 0.0935. The maximum absolute atomic E-state index is 13.0. The maximum atomic E-state index is 13.0. The van der Waals surface area contributed by atoms with Crippen molar-refractivity contribution in [2.24, 2.45) is 5.92 Å². The first-order valence-corrected chi connectivity index (χ1v) is 10.2. The number of nitrogens with one attached hydrogen (secondary N) is 2. The number of carbonyl (C=O) groups is 1. The Labute approximate surface area is 162 Å². The van der Waals surface area contributed by atoms with Gasteiger partial charge in [-0.15, -0.1) is 11.3 Å². The van der Waals surface area contributed by atoms with Crippen LogP contribution < -0.4 is 15.4 Å². The summed E-state index contributed by atoms with van der Waals surface area (Å²) in [5, 5.41) is 9.99. The van der Waals surface area contributed by atoms with E-state index in [-0.39, 0.29) is 12.1 Å². The molecule has 1 amide bonds. The molecule has 1 aromatic heterocycles. The molecular formula is C22H22N2O2S. The van der Waals surface area contributed by atoms with Crippen LogP contribution in [0.2, 0.25) is 0 Å². The predicted molar refractivity (Wildman–Crippen MR) is 110 cm³/mol. The molecule has 0 saturated heterocycles. The Morgan fingerprint density at radius 1 is 1.15 bits per heavy atom. The summed E-state index contributed by atoms with van der Waals surface area (Å²) < 4.78 is 5.64. The normalized spacial score (nSPS) is 21.2. The number of amides is 1. The molecule has 27 heavy (non-hydrogen) atoms. The van der Waals surface area contributed by atoms with Crippen LogP contribution in [0.3, 0.4) is 0 Å². The number of hydrogen-bond donors (Lipinski definition) is 2. The number of methoxy groups -OCH3 is 1. The fourth-order valence-electron chi connectivity index (χ4n) is 4.36. The van der Waals surface area contributed by atoms with Crippen molar-refractivity contribution in [2.45, 2.75) is 32.4 Å². The van der Waals surface area contributed by atoms with Gasteiger partial charge in [-0.2, -0.15) is 0 Å². The maximum Gasteiger partial charge on any atom is 0.256 e. The molecule has 2 heterocycles. The third-order valence-corrected chi connectivity index (χ3v) is 6.91. The zero-order valence-electron chi connectivity index (χ0n) is 15.5. The van der Waals surface area contributed by atoms with Crippen molar-refractivity contribution in [3.8, 4) is 5.75 Å². The van der Waals surface area contributed by atoms with Gasteiger partial charge in [-0.25, -0.2) is 0 Å². The van der Waals surface area contributed by atoms with E-state index >= 15 is 0 Å². The minimum absolute atomic E-state index is 0.0239. The second kappa shape index (κ2) is 6.27. The summed E-state index contributed by atoms with van der Waals surface area (Å²) >= 11 is 1.75. The van der Waals surface area contributed by atoms with Crippen molar-refractivity contribution in [1.29, 1.82) is 0 Å². The van der Waals surface area contributed by atoms with Gasteiger partial charge < -0.3 is 15.4 Å². The summed E-state index contributed by atoms with van der Waals surface area (Å²) in [5.74, 6) is 1.50. The lowest BCUT2D eigenvalue weighted by Gasteiger charge is -2.29. The lowest BCUT2D eigenvalue weighted by atomic mass is 9.88. The van der Waals surface area contributed by atoms with E-state index in [1.807, 2.05) is 18.2 Å². The summed E-state index contributed by atoms with van der Waals surface area (Å²) in [7, 11) is 1.68. The van der Waals surface area contributed by atoms with Gasteiger partial charge in [0.2, 0.25) is 0 Å². The summed E-state index contributed by atoms with van der Waals surface area (Å²) in [6, 6.07) is 12.2. The van der Waals surface area contributed by atoms with Crippen molar-refractivity contribution < 1.29 is 9.53 Å². The number of ether oxygens (including phenoxy) is 1.